The molecule has 5 nitrogen and oxygen atoms in total. The molecule has 7 heteroatoms. The van der Waals surface area contributed by atoms with E-state index in [2.05, 4.69) is 52.7 Å². The van der Waals surface area contributed by atoms with Crippen LogP contribution in [0.3, 0.4) is 0 Å². The largest absolute Gasteiger partial charge is 0.497 e. The molecule has 2 heterocycles. The first-order valence-electron chi connectivity index (χ1n) is 12.9. The first kappa shape index (κ1) is 28.5. The molecule has 36 heavy (non-hydrogen) atoms. The van der Waals surface area contributed by atoms with E-state index < -0.39 is 6.17 Å². The number of methoxy groups -OCH3 is 1. The van der Waals surface area contributed by atoms with Gasteiger partial charge < -0.3 is 14.5 Å². The summed E-state index contributed by atoms with van der Waals surface area (Å²) < 4.78 is 18.5. The fraction of sp³-hybridized carbons (Fsp3) is 0.552. The standard InChI is InChI=1S/C22H26BrN3O2.C7H15F/c1-24-12-10-22(11-13-24)16-25(19-8-6-18(23)7-9-19)21(27)26(22)15-17-4-3-5-20(14-17)28-2;1-6(2)4-5-7(3)8/h3-9,14H,10-13,15-16H2,1-2H3;6-7H,4-5H2,1-3H3. The van der Waals surface area contributed by atoms with Crippen LogP contribution in [0.5, 0.6) is 5.75 Å². The van der Waals surface area contributed by atoms with Crippen molar-refractivity contribution in [2.24, 2.45) is 5.92 Å². The van der Waals surface area contributed by atoms with Gasteiger partial charge in [-0.1, -0.05) is 41.9 Å². The lowest BCUT2D eigenvalue weighted by molar-refractivity contribution is 0.0825. The van der Waals surface area contributed by atoms with E-state index in [4.69, 9.17) is 4.74 Å². The molecule has 2 fully saturated rings. The predicted molar refractivity (Wildman–Crippen MR) is 150 cm³/mol. The number of piperidine rings is 1. The van der Waals surface area contributed by atoms with Crippen LogP contribution in [0, 0.1) is 5.92 Å². The van der Waals surface area contributed by atoms with E-state index in [9.17, 15) is 9.18 Å². The van der Waals surface area contributed by atoms with Gasteiger partial charge in [-0.05, 0) is 87.5 Å². The smallest absolute Gasteiger partial charge is 0.325 e. The van der Waals surface area contributed by atoms with Crippen LogP contribution in [0.2, 0.25) is 0 Å². The second-order valence-electron chi connectivity index (χ2n) is 10.6. The van der Waals surface area contributed by atoms with Crippen LogP contribution in [0.15, 0.2) is 53.0 Å². The number of hydrogen-bond acceptors (Lipinski definition) is 3. The highest BCUT2D eigenvalue weighted by molar-refractivity contribution is 9.10. The van der Waals surface area contributed by atoms with Gasteiger partial charge in [0.2, 0.25) is 0 Å². The van der Waals surface area contributed by atoms with Crippen LogP contribution < -0.4 is 9.64 Å². The van der Waals surface area contributed by atoms with Gasteiger partial charge in [0.25, 0.3) is 0 Å². The Morgan fingerprint density at radius 3 is 2.28 bits per heavy atom. The summed E-state index contributed by atoms with van der Waals surface area (Å²) in [4.78, 5) is 19.9. The molecule has 2 aliphatic rings. The minimum absolute atomic E-state index is 0.0923. The highest BCUT2D eigenvalue weighted by Crippen LogP contribution is 2.39. The van der Waals surface area contributed by atoms with Crippen molar-refractivity contribution in [3.05, 3.63) is 58.6 Å². The molecule has 0 aliphatic carbocycles. The summed E-state index contributed by atoms with van der Waals surface area (Å²) in [6.45, 7) is 9.21. The monoisotopic (exact) mass is 561 g/mol. The number of likely N-dealkylation sites (tertiary alicyclic amines) is 1. The van der Waals surface area contributed by atoms with Gasteiger partial charge in [0.05, 0.1) is 25.4 Å². The number of hydrogen-bond donors (Lipinski definition) is 0. The lowest BCUT2D eigenvalue weighted by atomic mass is 9.86. The molecule has 1 unspecified atom stereocenters. The van der Waals surface area contributed by atoms with Gasteiger partial charge in [0, 0.05) is 29.8 Å². The highest BCUT2D eigenvalue weighted by Gasteiger charge is 2.50. The molecule has 2 aromatic rings. The van der Waals surface area contributed by atoms with E-state index in [-0.39, 0.29) is 11.6 Å². The quantitative estimate of drug-likeness (QED) is 0.360. The number of carbonyl (C=O) groups is 1. The van der Waals surface area contributed by atoms with Gasteiger partial charge in [0.15, 0.2) is 0 Å². The first-order valence-corrected chi connectivity index (χ1v) is 13.7. The molecule has 0 aromatic heterocycles. The Bertz CT molecular complexity index is 967. The number of urea groups is 1. The number of halogens is 2. The van der Waals surface area contributed by atoms with Gasteiger partial charge in [0.1, 0.15) is 5.75 Å². The van der Waals surface area contributed by atoms with Gasteiger partial charge >= 0.3 is 6.03 Å². The van der Waals surface area contributed by atoms with E-state index in [0.717, 1.165) is 66.8 Å². The number of carbonyl (C=O) groups excluding carboxylic acids is 1. The summed E-state index contributed by atoms with van der Waals surface area (Å²) in [5, 5.41) is 0. The Morgan fingerprint density at radius 1 is 1.06 bits per heavy atom. The Hall–Kier alpha value is -2.12. The third-order valence-corrected chi connectivity index (χ3v) is 7.69. The first-order chi connectivity index (χ1) is 17.1. The second kappa shape index (κ2) is 12.9. The fourth-order valence-electron chi connectivity index (χ4n) is 4.83. The maximum atomic E-state index is 13.5. The van der Waals surface area contributed by atoms with Crippen LogP contribution in [0.4, 0.5) is 14.9 Å². The number of benzene rings is 2. The molecule has 2 saturated heterocycles. The normalized spacial score (nSPS) is 18.4. The van der Waals surface area contributed by atoms with Crippen LogP contribution in [-0.2, 0) is 6.54 Å². The highest BCUT2D eigenvalue weighted by atomic mass is 79.9. The van der Waals surface area contributed by atoms with Gasteiger partial charge in [-0.2, -0.15) is 0 Å². The zero-order chi connectivity index (χ0) is 26.3. The van der Waals surface area contributed by atoms with Gasteiger partial charge in [-0.15, -0.1) is 0 Å². The molecule has 0 saturated carbocycles. The van der Waals surface area contributed by atoms with E-state index >= 15 is 0 Å². The third kappa shape index (κ3) is 7.45. The van der Waals surface area contributed by atoms with E-state index in [1.807, 2.05) is 47.4 Å². The molecular formula is C29H41BrFN3O2. The van der Waals surface area contributed by atoms with Crippen molar-refractivity contribution in [3.8, 4) is 5.75 Å². The molecule has 2 aromatic carbocycles. The predicted octanol–water partition coefficient (Wildman–Crippen LogP) is 7.14. The molecule has 1 atom stereocenters. The molecule has 0 bridgehead atoms. The molecule has 4 rings (SSSR count). The van der Waals surface area contributed by atoms with E-state index in [1.165, 1.54) is 0 Å². The number of nitrogens with zero attached hydrogens (tertiary/aromatic N) is 3. The summed E-state index contributed by atoms with van der Waals surface area (Å²) in [6.07, 6.45) is 3.10. The number of anilines is 1. The summed E-state index contributed by atoms with van der Waals surface area (Å²) in [7, 11) is 3.83. The maximum absolute atomic E-state index is 13.5. The fourth-order valence-corrected chi connectivity index (χ4v) is 5.10. The van der Waals surface area contributed by atoms with Crippen molar-refractivity contribution in [1.29, 1.82) is 0 Å². The van der Waals surface area contributed by atoms with Crippen molar-refractivity contribution in [1.82, 2.24) is 9.80 Å². The summed E-state index contributed by atoms with van der Waals surface area (Å²) in [6, 6.07) is 16.1. The number of alkyl halides is 1. The minimum Gasteiger partial charge on any atom is -0.497 e. The zero-order valence-electron chi connectivity index (χ0n) is 22.3. The molecule has 2 amide bonds. The Labute approximate surface area is 224 Å². The van der Waals surface area contributed by atoms with Crippen LogP contribution >= 0.6 is 15.9 Å². The van der Waals surface area contributed by atoms with Crippen molar-refractivity contribution >= 4 is 27.6 Å². The van der Waals surface area contributed by atoms with Gasteiger partial charge in [-0.3, -0.25) is 4.90 Å². The lowest BCUT2D eigenvalue weighted by Gasteiger charge is -2.42. The van der Waals surface area contributed by atoms with E-state index in [1.54, 1.807) is 14.0 Å². The Kier molecular flexibility index (Phi) is 10.2. The summed E-state index contributed by atoms with van der Waals surface area (Å²) in [5.74, 6) is 1.47. The molecule has 0 radical (unpaired) electrons. The number of ether oxygens (including phenoxy) is 1. The molecular weight excluding hydrogens is 521 g/mol. The zero-order valence-corrected chi connectivity index (χ0v) is 23.9. The molecule has 0 N–H and O–H groups in total. The van der Waals surface area contributed by atoms with Crippen LogP contribution in [0.25, 0.3) is 0 Å². The average Bonchev–Trinajstić information content (AvgIpc) is 3.12. The minimum atomic E-state index is -0.614. The Balaban J connectivity index is 0.000000392. The number of rotatable bonds is 7. The third-order valence-electron chi connectivity index (χ3n) is 7.16. The van der Waals surface area contributed by atoms with Crippen molar-refractivity contribution in [2.45, 2.75) is 64.7 Å². The topological polar surface area (TPSA) is 36.0 Å². The van der Waals surface area contributed by atoms with Crippen molar-refractivity contribution in [3.63, 3.8) is 0 Å². The second-order valence-corrected chi connectivity index (χ2v) is 11.5. The van der Waals surface area contributed by atoms with Crippen molar-refractivity contribution < 1.29 is 13.9 Å². The van der Waals surface area contributed by atoms with Gasteiger partial charge in [-0.25, -0.2) is 9.18 Å². The summed E-state index contributed by atoms with van der Waals surface area (Å²) in [5.41, 5.74) is 1.93. The summed E-state index contributed by atoms with van der Waals surface area (Å²) >= 11 is 3.48. The average molecular weight is 563 g/mol. The molecule has 198 valence electrons. The molecule has 1 spiro atoms. The Morgan fingerprint density at radius 2 is 1.72 bits per heavy atom. The lowest BCUT2D eigenvalue weighted by Crippen LogP contribution is -2.53. The maximum Gasteiger partial charge on any atom is 0.325 e. The molecule has 2 aliphatic heterocycles. The van der Waals surface area contributed by atoms with Crippen LogP contribution in [-0.4, -0.2) is 61.3 Å². The van der Waals surface area contributed by atoms with Crippen LogP contribution in [0.1, 0.15) is 52.0 Å². The number of amides is 2. The van der Waals surface area contributed by atoms with Crippen molar-refractivity contribution in [2.75, 3.05) is 38.7 Å². The SMILES string of the molecule is CC(C)CCC(C)F.COc1cccc(CN2C(=O)N(c3ccc(Br)cc3)CC23CCN(C)CC3)c1. The van der Waals surface area contributed by atoms with E-state index in [0.29, 0.717) is 12.5 Å².